The third kappa shape index (κ3) is 6.31. The Hall–Kier alpha value is 0.190. The molecule has 0 spiro atoms. The molecule has 0 heterocycles. The zero-order valence-corrected chi connectivity index (χ0v) is 16.1. The molecule has 0 aliphatic rings. The molecule has 1 rings (SSSR count). The van der Waals surface area contributed by atoms with Crippen LogP contribution in [0.5, 0.6) is 5.75 Å². The molecule has 0 aliphatic heterocycles. The molecule has 0 saturated carbocycles. The highest BCUT2D eigenvalue weighted by Gasteiger charge is 2.09. The van der Waals surface area contributed by atoms with Gasteiger partial charge in [0, 0.05) is 16.6 Å². The van der Waals surface area contributed by atoms with E-state index in [1.807, 2.05) is 12.1 Å². The second-order valence-corrected chi connectivity index (χ2v) is 5.93. The predicted octanol–water partition coefficient (Wildman–Crippen LogP) is 4.50. The minimum Gasteiger partial charge on any atom is -0.495 e. The van der Waals surface area contributed by atoms with E-state index in [9.17, 15) is 0 Å². The van der Waals surface area contributed by atoms with Gasteiger partial charge < -0.3 is 14.4 Å². The van der Waals surface area contributed by atoms with Gasteiger partial charge in [-0.1, -0.05) is 29.8 Å². The van der Waals surface area contributed by atoms with Gasteiger partial charge in [0.05, 0.1) is 24.8 Å². The topological polar surface area (TPSA) is 21.7 Å². The van der Waals surface area contributed by atoms with E-state index in [-0.39, 0.29) is 12.4 Å². The summed E-state index contributed by atoms with van der Waals surface area (Å²) in [5, 5.41) is 0. The van der Waals surface area contributed by atoms with Crippen LogP contribution >= 0.6 is 44.3 Å². The third-order valence-corrected chi connectivity index (χ3v) is 4.04. The fourth-order valence-corrected chi connectivity index (χ4v) is 3.34. The molecule has 0 N–H and O–H groups in total. The number of ether oxygens (including phenoxy) is 2. The summed E-state index contributed by atoms with van der Waals surface area (Å²) >= 11 is 6.98. The van der Waals surface area contributed by atoms with Gasteiger partial charge in [0.15, 0.2) is 0 Å². The Kier molecular flexibility index (Phi) is 11.0. The van der Waals surface area contributed by atoms with Gasteiger partial charge in [0.2, 0.25) is 0 Å². The largest absolute Gasteiger partial charge is 0.495 e. The highest BCUT2D eigenvalue weighted by atomic mass is 79.9. The van der Waals surface area contributed by atoms with Crippen molar-refractivity contribution in [3.05, 3.63) is 26.6 Å². The second-order valence-electron chi connectivity index (χ2n) is 4.16. The van der Waals surface area contributed by atoms with Gasteiger partial charge in [-0.15, -0.1) is 12.4 Å². The molecule has 0 unspecified atom stereocenters. The normalized spacial score (nSPS) is 10.5. The molecule has 6 heteroatoms. The summed E-state index contributed by atoms with van der Waals surface area (Å²) in [5.41, 5.74) is 1.04. The minimum atomic E-state index is 0. The molecule has 20 heavy (non-hydrogen) atoms. The van der Waals surface area contributed by atoms with Crippen LogP contribution in [0.25, 0.3) is 0 Å². The molecule has 0 aliphatic carbocycles. The first-order valence-electron chi connectivity index (χ1n) is 6.44. The van der Waals surface area contributed by atoms with Crippen LogP contribution in [-0.2, 0) is 11.3 Å². The van der Waals surface area contributed by atoms with Crippen LogP contribution in [0.15, 0.2) is 21.1 Å². The summed E-state index contributed by atoms with van der Waals surface area (Å²) in [6, 6.07) is 4.00. The van der Waals surface area contributed by atoms with E-state index in [1.54, 1.807) is 7.11 Å². The number of hydrogen-bond donors (Lipinski definition) is 0. The Balaban J connectivity index is 0.00000361. The van der Waals surface area contributed by atoms with Crippen LogP contribution in [0, 0.1) is 0 Å². The minimum absolute atomic E-state index is 0. The maximum atomic E-state index is 5.74. The highest BCUT2D eigenvalue weighted by molar-refractivity contribution is 9.11. The molecule has 1 aromatic carbocycles. The fourth-order valence-electron chi connectivity index (χ4n) is 1.87. The van der Waals surface area contributed by atoms with Crippen molar-refractivity contribution < 1.29 is 9.47 Å². The monoisotopic (exact) mass is 429 g/mol. The third-order valence-electron chi connectivity index (χ3n) is 2.99. The van der Waals surface area contributed by atoms with Crippen LogP contribution in [0.1, 0.15) is 19.4 Å². The lowest BCUT2D eigenvalue weighted by Gasteiger charge is -2.18. The van der Waals surface area contributed by atoms with E-state index in [2.05, 4.69) is 50.6 Å². The van der Waals surface area contributed by atoms with E-state index in [4.69, 9.17) is 9.47 Å². The molecule has 0 aromatic heterocycles. The summed E-state index contributed by atoms with van der Waals surface area (Å²) in [4.78, 5) is 2.34. The number of halogens is 3. The van der Waals surface area contributed by atoms with Gasteiger partial charge in [-0.05, 0) is 41.2 Å². The molecule has 116 valence electrons. The van der Waals surface area contributed by atoms with Crippen molar-refractivity contribution >= 4 is 44.3 Å². The Morgan fingerprint density at radius 1 is 1.15 bits per heavy atom. The zero-order valence-electron chi connectivity index (χ0n) is 12.1. The van der Waals surface area contributed by atoms with E-state index < -0.39 is 0 Å². The first kappa shape index (κ1) is 20.2. The fraction of sp³-hybridized carbons (Fsp3) is 0.571. The van der Waals surface area contributed by atoms with Gasteiger partial charge in [-0.3, -0.25) is 0 Å². The van der Waals surface area contributed by atoms with Crippen molar-refractivity contribution in [1.82, 2.24) is 4.90 Å². The van der Waals surface area contributed by atoms with E-state index in [0.717, 1.165) is 46.5 Å². The lowest BCUT2D eigenvalue weighted by Crippen LogP contribution is -2.27. The van der Waals surface area contributed by atoms with E-state index in [1.165, 1.54) is 0 Å². The average Bonchev–Trinajstić information content (AvgIpc) is 2.38. The molecule has 0 fully saturated rings. The molecule has 3 nitrogen and oxygen atoms in total. The molecule has 1 aromatic rings. The van der Waals surface area contributed by atoms with Crippen LogP contribution in [0.2, 0.25) is 0 Å². The summed E-state index contributed by atoms with van der Waals surface area (Å²) in [6.45, 7) is 8.70. The standard InChI is InChI=1S/C14H21Br2NO2.ClH/c1-4-17(5-2)6-7-19-10-11-8-12(15)9-13(16)14(11)18-3;/h8-9H,4-7,10H2,1-3H3;1H. The van der Waals surface area contributed by atoms with Gasteiger partial charge in [0.25, 0.3) is 0 Å². The highest BCUT2D eigenvalue weighted by Crippen LogP contribution is 2.33. The number of benzene rings is 1. The molecule has 0 radical (unpaired) electrons. The number of nitrogens with zero attached hydrogens (tertiary/aromatic N) is 1. The van der Waals surface area contributed by atoms with Crippen LogP contribution in [0.4, 0.5) is 0 Å². The Labute approximate surface area is 144 Å². The van der Waals surface area contributed by atoms with Gasteiger partial charge in [0.1, 0.15) is 5.75 Å². The second kappa shape index (κ2) is 10.9. The predicted molar refractivity (Wildman–Crippen MR) is 93.1 cm³/mol. The Morgan fingerprint density at radius 2 is 1.80 bits per heavy atom. The van der Waals surface area contributed by atoms with Crippen molar-refractivity contribution in [3.63, 3.8) is 0 Å². The SMILES string of the molecule is CCN(CC)CCOCc1cc(Br)cc(Br)c1OC.Cl. The lowest BCUT2D eigenvalue weighted by atomic mass is 10.2. The molecule has 0 amide bonds. The van der Waals surface area contributed by atoms with Gasteiger partial charge >= 0.3 is 0 Å². The molecular formula is C14H22Br2ClNO2. The van der Waals surface area contributed by atoms with E-state index >= 15 is 0 Å². The number of likely N-dealkylation sites (N-methyl/N-ethyl adjacent to an activating group) is 1. The first-order valence-corrected chi connectivity index (χ1v) is 8.02. The molecular weight excluding hydrogens is 409 g/mol. The van der Waals surface area contributed by atoms with Crippen molar-refractivity contribution in [2.45, 2.75) is 20.5 Å². The zero-order chi connectivity index (χ0) is 14.3. The van der Waals surface area contributed by atoms with Gasteiger partial charge in [-0.25, -0.2) is 0 Å². The van der Waals surface area contributed by atoms with Crippen molar-refractivity contribution in [2.24, 2.45) is 0 Å². The summed E-state index contributed by atoms with van der Waals surface area (Å²) in [7, 11) is 1.67. The van der Waals surface area contributed by atoms with Crippen LogP contribution in [-0.4, -0.2) is 38.3 Å². The number of hydrogen-bond acceptors (Lipinski definition) is 3. The summed E-state index contributed by atoms with van der Waals surface area (Å²) in [5.74, 6) is 0.839. The Morgan fingerprint density at radius 3 is 2.35 bits per heavy atom. The maximum absolute atomic E-state index is 5.74. The molecule has 0 saturated heterocycles. The number of rotatable bonds is 8. The lowest BCUT2D eigenvalue weighted by molar-refractivity contribution is 0.0942. The first-order chi connectivity index (χ1) is 9.12. The van der Waals surface area contributed by atoms with E-state index in [0.29, 0.717) is 6.61 Å². The molecule has 0 bridgehead atoms. The summed E-state index contributed by atoms with van der Waals surface area (Å²) < 4.78 is 13.1. The van der Waals surface area contributed by atoms with Crippen molar-refractivity contribution in [1.29, 1.82) is 0 Å². The van der Waals surface area contributed by atoms with Gasteiger partial charge in [-0.2, -0.15) is 0 Å². The Bertz CT molecular complexity index is 401. The average molecular weight is 432 g/mol. The maximum Gasteiger partial charge on any atom is 0.138 e. The number of methoxy groups -OCH3 is 1. The molecule has 0 atom stereocenters. The van der Waals surface area contributed by atoms with Crippen molar-refractivity contribution in [3.8, 4) is 5.75 Å². The van der Waals surface area contributed by atoms with Crippen LogP contribution in [0.3, 0.4) is 0 Å². The smallest absolute Gasteiger partial charge is 0.138 e. The quantitative estimate of drug-likeness (QED) is 0.566. The van der Waals surface area contributed by atoms with Crippen LogP contribution < -0.4 is 4.74 Å². The summed E-state index contributed by atoms with van der Waals surface area (Å²) in [6.07, 6.45) is 0. The van der Waals surface area contributed by atoms with Crippen molar-refractivity contribution in [2.75, 3.05) is 33.4 Å².